The number of aromatic nitrogens is 1. The topological polar surface area (TPSA) is 142 Å². The molecule has 0 saturated carbocycles. The highest BCUT2D eigenvalue weighted by atomic mass is 19.4. The maximum absolute atomic E-state index is 13.4. The molecule has 2 heterocycles. The van der Waals surface area contributed by atoms with Gasteiger partial charge in [0.2, 0.25) is 0 Å². The summed E-state index contributed by atoms with van der Waals surface area (Å²) in [7, 11) is 0. The average molecular weight is 473 g/mol. The van der Waals surface area contributed by atoms with E-state index in [9.17, 15) is 37.9 Å². The van der Waals surface area contributed by atoms with Crippen molar-refractivity contribution in [2.24, 2.45) is 0 Å². The van der Waals surface area contributed by atoms with Crippen LogP contribution in [0.1, 0.15) is 33.1 Å². The number of carboxylic acids is 1. The van der Waals surface area contributed by atoms with Crippen LogP contribution in [0, 0.1) is 11.3 Å². The fourth-order valence-electron chi connectivity index (χ4n) is 3.82. The maximum atomic E-state index is 13.4. The lowest BCUT2D eigenvalue weighted by Gasteiger charge is -2.30. The Morgan fingerprint density at radius 2 is 1.88 bits per heavy atom. The normalized spacial score (nSPS) is 14.8. The molecule has 0 aliphatic carbocycles. The number of nitriles is 1. The molecule has 174 valence electrons. The van der Waals surface area contributed by atoms with Crippen molar-refractivity contribution in [2.75, 3.05) is 13.2 Å². The summed E-state index contributed by atoms with van der Waals surface area (Å²) in [6.45, 7) is -1.08. The van der Waals surface area contributed by atoms with E-state index in [1.807, 2.05) is 11.4 Å². The number of nitrogens with zero attached hydrogens (tertiary/aromatic N) is 2. The number of pyridine rings is 1. The Hall–Kier alpha value is -4.53. The Kier molecular flexibility index (Phi) is 5.40. The number of rotatable bonds is 4. The van der Waals surface area contributed by atoms with Crippen molar-refractivity contribution in [3.05, 3.63) is 69.0 Å². The molecule has 0 spiro atoms. The summed E-state index contributed by atoms with van der Waals surface area (Å²) in [5.74, 6) is -3.32. The molecule has 1 aliphatic heterocycles. The lowest BCUT2D eigenvalue weighted by Crippen LogP contribution is -2.39. The van der Waals surface area contributed by atoms with E-state index in [0.29, 0.717) is 0 Å². The van der Waals surface area contributed by atoms with Gasteiger partial charge in [-0.2, -0.15) is 18.4 Å². The van der Waals surface area contributed by atoms with E-state index in [1.165, 1.54) is 12.1 Å². The van der Waals surface area contributed by atoms with Crippen molar-refractivity contribution in [1.29, 1.82) is 5.26 Å². The molecule has 3 N–H and O–H groups in total. The number of halogens is 3. The van der Waals surface area contributed by atoms with Crippen molar-refractivity contribution < 1.29 is 37.7 Å². The summed E-state index contributed by atoms with van der Waals surface area (Å²) in [6, 6.07) is 7.47. The first-order chi connectivity index (χ1) is 16.0. The molecule has 2 aromatic carbocycles. The number of carboxylic acid groups (broad SMARTS) is 1. The number of hydrogen-bond acceptors (Lipinski definition) is 6. The van der Waals surface area contributed by atoms with E-state index in [1.54, 1.807) is 0 Å². The van der Waals surface area contributed by atoms with Crippen LogP contribution in [-0.4, -0.2) is 39.8 Å². The van der Waals surface area contributed by atoms with Crippen LogP contribution in [0.25, 0.3) is 10.9 Å². The molecule has 0 fully saturated rings. The molecule has 0 bridgehead atoms. The van der Waals surface area contributed by atoms with E-state index in [4.69, 9.17) is 9.84 Å². The Labute approximate surface area is 188 Å². The minimum atomic E-state index is -4.58. The number of ether oxygens (including phenoxy) is 1. The van der Waals surface area contributed by atoms with Gasteiger partial charge < -0.3 is 20.3 Å². The van der Waals surface area contributed by atoms with Crippen molar-refractivity contribution in [3.63, 3.8) is 0 Å². The van der Waals surface area contributed by atoms with Crippen LogP contribution < -0.4 is 15.6 Å². The Balaban J connectivity index is 1.98. The van der Waals surface area contributed by atoms with Gasteiger partial charge in [0.25, 0.3) is 11.5 Å². The molecule has 1 amide bonds. The van der Waals surface area contributed by atoms with E-state index < -0.39 is 53.1 Å². The smallest absolute Gasteiger partial charge is 0.416 e. The molecular weight excluding hydrogens is 459 g/mol. The summed E-state index contributed by atoms with van der Waals surface area (Å²) < 4.78 is 45.7. The van der Waals surface area contributed by atoms with E-state index in [2.05, 4.69) is 0 Å². The molecule has 12 heteroatoms. The highest BCUT2D eigenvalue weighted by Gasteiger charge is 2.34. The van der Waals surface area contributed by atoms with E-state index >= 15 is 0 Å². The Morgan fingerprint density at radius 3 is 2.47 bits per heavy atom. The first kappa shape index (κ1) is 22.7. The van der Waals surface area contributed by atoms with Gasteiger partial charge in [0, 0.05) is 5.39 Å². The van der Waals surface area contributed by atoms with Gasteiger partial charge in [-0.1, -0.05) is 12.1 Å². The highest BCUT2D eigenvalue weighted by Crippen LogP contribution is 2.41. The third-order valence-electron chi connectivity index (χ3n) is 5.36. The zero-order valence-electron chi connectivity index (χ0n) is 17.0. The number of carbonyl (C=O) groups excluding carboxylic acids is 1. The third kappa shape index (κ3) is 3.66. The molecule has 4 rings (SSSR count). The van der Waals surface area contributed by atoms with Gasteiger partial charge in [-0.25, -0.2) is 0 Å². The van der Waals surface area contributed by atoms with Gasteiger partial charge in [-0.15, -0.1) is 0 Å². The van der Waals surface area contributed by atoms with Crippen LogP contribution in [0.2, 0.25) is 0 Å². The van der Waals surface area contributed by atoms with Gasteiger partial charge >= 0.3 is 12.1 Å². The van der Waals surface area contributed by atoms with Crippen LogP contribution >= 0.6 is 0 Å². The zero-order chi connectivity index (χ0) is 24.8. The quantitative estimate of drug-likeness (QED) is 0.528. The number of aromatic hydroxyl groups is 1. The van der Waals surface area contributed by atoms with E-state index in [0.717, 1.165) is 28.8 Å². The lowest BCUT2D eigenvalue weighted by atomic mass is 9.99. The lowest BCUT2D eigenvalue weighted by molar-refractivity contribution is -0.138. The second-order valence-corrected chi connectivity index (χ2v) is 7.37. The number of benzene rings is 2. The second-order valence-electron chi connectivity index (χ2n) is 7.37. The molecule has 1 aromatic heterocycles. The van der Waals surface area contributed by atoms with Crippen molar-refractivity contribution in [1.82, 2.24) is 9.88 Å². The van der Waals surface area contributed by atoms with Crippen LogP contribution in [0.15, 0.2) is 41.2 Å². The largest absolute Gasteiger partial charge is 0.506 e. The number of aliphatic carboxylic acids is 1. The summed E-state index contributed by atoms with van der Waals surface area (Å²) >= 11 is 0. The van der Waals surface area contributed by atoms with E-state index in [-0.39, 0.29) is 34.4 Å². The minimum Gasteiger partial charge on any atom is -0.506 e. The fraction of sp³-hybridized carbons (Fsp3) is 0.182. The number of hydrogen-bond donors (Lipinski definition) is 3. The van der Waals surface area contributed by atoms with Crippen molar-refractivity contribution >= 4 is 22.8 Å². The first-order valence-electron chi connectivity index (χ1n) is 9.68. The van der Waals surface area contributed by atoms with Gasteiger partial charge in [0.15, 0.2) is 5.75 Å². The predicted molar refractivity (Wildman–Crippen MR) is 110 cm³/mol. The van der Waals surface area contributed by atoms with Gasteiger partial charge in [0.05, 0.1) is 22.7 Å². The maximum Gasteiger partial charge on any atom is 0.416 e. The van der Waals surface area contributed by atoms with Crippen molar-refractivity contribution in [2.45, 2.75) is 12.2 Å². The molecule has 0 saturated heterocycles. The second kappa shape index (κ2) is 8.11. The summed E-state index contributed by atoms with van der Waals surface area (Å²) in [5.41, 5.74) is -2.42. The first-order valence-corrected chi connectivity index (χ1v) is 9.68. The standard InChI is InChI=1S/C22H14F3N3O6/c23-22(24,25)12-4-1-10(2-5-12)14-9-34-19-11(7-26)3-6-13-17(19)28(14)21(33)16(18(13)31)20(32)27-8-15(29)30/h1-6,14,31H,8-9H2,(H,27,32)(H,29,30). The molecule has 1 unspecified atom stereocenters. The Morgan fingerprint density at radius 1 is 1.21 bits per heavy atom. The van der Waals surface area contributed by atoms with Crippen molar-refractivity contribution in [3.8, 4) is 17.6 Å². The SMILES string of the molecule is N#Cc1ccc2c(O)c(C(=O)NCC(=O)O)c(=O)n3c2c1OCC3c1ccc(C(F)(F)F)cc1. The van der Waals surface area contributed by atoms with Crippen LogP contribution in [0.3, 0.4) is 0 Å². The number of nitrogens with one attached hydrogen (secondary N) is 1. The minimum absolute atomic E-state index is 0.0208. The number of carbonyl (C=O) groups is 2. The highest BCUT2D eigenvalue weighted by molar-refractivity contribution is 6.04. The van der Waals surface area contributed by atoms with Crippen LogP contribution in [0.4, 0.5) is 13.2 Å². The van der Waals surface area contributed by atoms with Gasteiger partial charge in [-0.05, 0) is 29.8 Å². The fourth-order valence-corrected chi connectivity index (χ4v) is 3.82. The molecule has 34 heavy (non-hydrogen) atoms. The van der Waals surface area contributed by atoms with Gasteiger partial charge in [0.1, 0.15) is 30.5 Å². The third-order valence-corrected chi connectivity index (χ3v) is 5.36. The number of alkyl halides is 3. The molecule has 1 atom stereocenters. The molecule has 3 aromatic rings. The summed E-state index contributed by atoms with van der Waals surface area (Å²) in [4.78, 5) is 36.8. The zero-order valence-corrected chi connectivity index (χ0v) is 17.0. The molecular formula is C22H14F3N3O6. The summed E-state index contributed by atoms with van der Waals surface area (Å²) in [6.07, 6.45) is -4.58. The number of amides is 1. The monoisotopic (exact) mass is 473 g/mol. The van der Waals surface area contributed by atoms with Gasteiger partial charge in [-0.3, -0.25) is 19.0 Å². The Bertz CT molecular complexity index is 1440. The molecule has 1 aliphatic rings. The molecule has 0 radical (unpaired) electrons. The predicted octanol–water partition coefficient (Wildman–Crippen LogP) is 2.39. The average Bonchev–Trinajstić information content (AvgIpc) is 2.80. The summed E-state index contributed by atoms with van der Waals surface area (Å²) in [5, 5.41) is 30.9. The van der Waals surface area contributed by atoms with Crippen LogP contribution in [-0.2, 0) is 11.0 Å². The van der Waals surface area contributed by atoms with Crippen LogP contribution in [0.5, 0.6) is 11.5 Å². The molecule has 9 nitrogen and oxygen atoms in total.